The molecule has 1 atom stereocenters. The summed E-state index contributed by atoms with van der Waals surface area (Å²) in [6.07, 6.45) is 5.53. The van der Waals surface area contributed by atoms with Crippen LogP contribution in [0.1, 0.15) is 17.0 Å². The van der Waals surface area contributed by atoms with Crippen LogP contribution in [0, 0.1) is 5.92 Å². The van der Waals surface area contributed by atoms with E-state index in [1.165, 1.54) is 4.88 Å². The van der Waals surface area contributed by atoms with E-state index in [9.17, 15) is 4.79 Å². The number of carbonyl (C=O) groups excluding carboxylic acids is 1. The second-order valence-electron chi connectivity index (χ2n) is 5.76. The number of rotatable bonds is 5. The first kappa shape index (κ1) is 16.1. The van der Waals surface area contributed by atoms with Crippen molar-refractivity contribution in [1.29, 1.82) is 0 Å². The van der Waals surface area contributed by atoms with Crippen LogP contribution in [0.3, 0.4) is 0 Å². The number of aromatic nitrogens is 2. The van der Waals surface area contributed by atoms with Crippen LogP contribution in [0.15, 0.2) is 36.1 Å². The summed E-state index contributed by atoms with van der Waals surface area (Å²) in [5.74, 6) is 0.509. The van der Waals surface area contributed by atoms with Crippen LogP contribution in [0.25, 0.3) is 0 Å². The summed E-state index contributed by atoms with van der Waals surface area (Å²) >= 11 is 1.71. The van der Waals surface area contributed by atoms with E-state index in [2.05, 4.69) is 21.4 Å². The van der Waals surface area contributed by atoms with Gasteiger partial charge in [0.25, 0.3) is 0 Å². The molecule has 1 aliphatic rings. The molecule has 23 heavy (non-hydrogen) atoms. The maximum absolute atomic E-state index is 12.5. The summed E-state index contributed by atoms with van der Waals surface area (Å²) in [6.45, 7) is 2.72. The van der Waals surface area contributed by atoms with Gasteiger partial charge in [-0.3, -0.25) is 4.79 Å². The number of ether oxygens (including phenoxy) is 1. The Kier molecular flexibility index (Phi) is 5.71. The van der Waals surface area contributed by atoms with Crippen LogP contribution in [0.4, 0.5) is 0 Å². The highest BCUT2D eigenvalue weighted by molar-refractivity contribution is 7.09. The van der Waals surface area contributed by atoms with Crippen molar-refractivity contribution in [2.45, 2.75) is 19.3 Å². The van der Waals surface area contributed by atoms with Crippen LogP contribution in [0.5, 0.6) is 0 Å². The number of nitrogens with zero attached hydrogens (tertiary/aromatic N) is 3. The molecule has 0 radical (unpaired) electrons. The minimum absolute atomic E-state index is 0.219. The van der Waals surface area contributed by atoms with Gasteiger partial charge in [-0.2, -0.15) is 0 Å². The van der Waals surface area contributed by atoms with Crippen LogP contribution in [-0.4, -0.2) is 47.1 Å². The Bertz CT molecular complexity index is 604. The van der Waals surface area contributed by atoms with E-state index in [1.54, 1.807) is 23.9 Å². The third-order valence-electron chi connectivity index (χ3n) is 4.00. The Labute approximate surface area is 140 Å². The number of aryl methyl sites for hydroxylation is 1. The van der Waals surface area contributed by atoms with Crippen molar-refractivity contribution in [1.82, 2.24) is 14.9 Å². The quantitative estimate of drug-likeness (QED) is 0.843. The molecule has 3 heterocycles. The summed E-state index contributed by atoms with van der Waals surface area (Å²) in [4.78, 5) is 23.9. The van der Waals surface area contributed by atoms with Gasteiger partial charge in [-0.1, -0.05) is 6.07 Å². The number of hydrogen-bond acceptors (Lipinski definition) is 5. The van der Waals surface area contributed by atoms with E-state index in [0.717, 1.165) is 25.1 Å². The van der Waals surface area contributed by atoms with Crippen molar-refractivity contribution >= 4 is 17.2 Å². The number of hydrogen-bond donors (Lipinski definition) is 0. The first-order valence-corrected chi connectivity index (χ1v) is 8.82. The Morgan fingerprint density at radius 2 is 2.39 bits per heavy atom. The van der Waals surface area contributed by atoms with Gasteiger partial charge in [-0.25, -0.2) is 9.97 Å². The average molecular weight is 331 g/mol. The zero-order valence-electron chi connectivity index (χ0n) is 13.1. The molecular formula is C17H21N3O2S. The monoisotopic (exact) mass is 331 g/mol. The van der Waals surface area contributed by atoms with Gasteiger partial charge in [-0.15, -0.1) is 11.3 Å². The molecule has 2 aromatic heterocycles. The van der Waals surface area contributed by atoms with Crippen molar-refractivity contribution in [3.05, 3.63) is 46.7 Å². The highest BCUT2D eigenvalue weighted by Gasteiger charge is 2.22. The van der Waals surface area contributed by atoms with Crippen molar-refractivity contribution in [2.24, 2.45) is 5.92 Å². The first-order valence-electron chi connectivity index (χ1n) is 7.94. The molecule has 2 aromatic rings. The SMILES string of the molecule is O=C(CCc1cccs1)N1CCOC[C@@H](Cc2ccncn2)C1. The lowest BCUT2D eigenvalue weighted by Gasteiger charge is -2.23. The van der Waals surface area contributed by atoms with Gasteiger partial charge in [-0.05, 0) is 30.4 Å². The van der Waals surface area contributed by atoms with Crippen molar-refractivity contribution in [3.8, 4) is 0 Å². The molecule has 1 saturated heterocycles. The predicted octanol–water partition coefficient (Wildman–Crippen LogP) is 2.19. The molecular weight excluding hydrogens is 310 g/mol. The fourth-order valence-electron chi connectivity index (χ4n) is 2.81. The molecule has 0 saturated carbocycles. The molecule has 122 valence electrons. The van der Waals surface area contributed by atoms with Crippen molar-refractivity contribution < 1.29 is 9.53 Å². The van der Waals surface area contributed by atoms with E-state index in [1.807, 2.05) is 17.0 Å². The summed E-state index contributed by atoms with van der Waals surface area (Å²) in [6, 6.07) is 6.04. The predicted molar refractivity (Wildman–Crippen MR) is 89.3 cm³/mol. The van der Waals surface area contributed by atoms with Gasteiger partial charge < -0.3 is 9.64 Å². The van der Waals surface area contributed by atoms with Gasteiger partial charge in [0.2, 0.25) is 5.91 Å². The maximum Gasteiger partial charge on any atom is 0.223 e. The van der Waals surface area contributed by atoms with Gasteiger partial charge in [0.1, 0.15) is 6.33 Å². The molecule has 1 fully saturated rings. The van der Waals surface area contributed by atoms with E-state index < -0.39 is 0 Å². The third kappa shape index (κ3) is 4.84. The van der Waals surface area contributed by atoms with Crippen LogP contribution >= 0.6 is 11.3 Å². The highest BCUT2D eigenvalue weighted by Crippen LogP contribution is 2.15. The van der Waals surface area contributed by atoms with Crippen molar-refractivity contribution in [3.63, 3.8) is 0 Å². The van der Waals surface area contributed by atoms with E-state index in [4.69, 9.17) is 4.74 Å². The van der Waals surface area contributed by atoms with Crippen LogP contribution < -0.4 is 0 Å². The van der Waals surface area contributed by atoms with Gasteiger partial charge in [0, 0.05) is 42.2 Å². The minimum atomic E-state index is 0.219. The Morgan fingerprint density at radius 1 is 1.43 bits per heavy atom. The number of thiophene rings is 1. The minimum Gasteiger partial charge on any atom is -0.379 e. The zero-order chi connectivity index (χ0) is 15.9. The van der Waals surface area contributed by atoms with Crippen LogP contribution in [-0.2, 0) is 22.4 Å². The maximum atomic E-state index is 12.5. The van der Waals surface area contributed by atoms with E-state index in [-0.39, 0.29) is 11.8 Å². The lowest BCUT2D eigenvalue weighted by molar-refractivity contribution is -0.131. The molecule has 0 aliphatic carbocycles. The third-order valence-corrected chi connectivity index (χ3v) is 4.93. The standard InChI is InChI=1S/C17H21N3O2S/c21-17(4-3-16-2-1-9-23-16)20-7-8-22-12-14(11-20)10-15-5-6-18-13-19-15/h1-2,5-6,9,13-14H,3-4,7-8,10-12H2/t14-/m0/s1. The van der Waals surface area contributed by atoms with Gasteiger partial charge >= 0.3 is 0 Å². The van der Waals surface area contributed by atoms with Crippen LogP contribution in [0.2, 0.25) is 0 Å². The highest BCUT2D eigenvalue weighted by atomic mass is 32.1. The summed E-state index contributed by atoms with van der Waals surface area (Å²) in [7, 11) is 0. The molecule has 0 N–H and O–H groups in total. The molecule has 1 amide bonds. The Balaban J connectivity index is 1.54. The Morgan fingerprint density at radius 3 is 3.17 bits per heavy atom. The second-order valence-corrected chi connectivity index (χ2v) is 6.80. The lowest BCUT2D eigenvalue weighted by atomic mass is 10.0. The second kappa shape index (κ2) is 8.17. The summed E-state index contributed by atoms with van der Waals surface area (Å²) in [5.41, 5.74) is 1.00. The van der Waals surface area contributed by atoms with E-state index in [0.29, 0.717) is 26.2 Å². The number of carbonyl (C=O) groups is 1. The first-order chi connectivity index (χ1) is 11.3. The molecule has 5 nitrogen and oxygen atoms in total. The number of amides is 1. The topological polar surface area (TPSA) is 55.3 Å². The molecule has 0 unspecified atom stereocenters. The average Bonchev–Trinajstić information content (AvgIpc) is 2.99. The Hall–Kier alpha value is -1.79. The van der Waals surface area contributed by atoms with Crippen molar-refractivity contribution in [2.75, 3.05) is 26.3 Å². The molecule has 1 aliphatic heterocycles. The lowest BCUT2D eigenvalue weighted by Crippen LogP contribution is -2.36. The van der Waals surface area contributed by atoms with Gasteiger partial charge in [0.15, 0.2) is 0 Å². The fraction of sp³-hybridized carbons (Fsp3) is 0.471. The molecule has 6 heteroatoms. The smallest absolute Gasteiger partial charge is 0.223 e. The zero-order valence-corrected chi connectivity index (χ0v) is 13.9. The summed E-state index contributed by atoms with van der Waals surface area (Å²) in [5, 5.41) is 2.05. The fourth-order valence-corrected chi connectivity index (χ4v) is 3.52. The molecule has 0 bridgehead atoms. The molecule has 0 spiro atoms. The molecule has 0 aromatic carbocycles. The van der Waals surface area contributed by atoms with Gasteiger partial charge in [0.05, 0.1) is 13.2 Å². The molecule has 3 rings (SSSR count). The summed E-state index contributed by atoms with van der Waals surface area (Å²) < 4.78 is 5.67. The normalized spacial score (nSPS) is 18.6. The largest absolute Gasteiger partial charge is 0.379 e. The van der Waals surface area contributed by atoms with E-state index >= 15 is 0 Å².